The van der Waals surface area contributed by atoms with Gasteiger partial charge in [0.2, 0.25) is 0 Å². The first-order valence-corrected chi connectivity index (χ1v) is 10.6. The summed E-state index contributed by atoms with van der Waals surface area (Å²) in [6, 6.07) is 20.8. The summed E-state index contributed by atoms with van der Waals surface area (Å²) in [4.78, 5) is 14.7. The summed E-state index contributed by atoms with van der Waals surface area (Å²) in [6.45, 7) is 0.413. The van der Waals surface area contributed by atoms with Crippen molar-refractivity contribution >= 4 is 57.6 Å². The van der Waals surface area contributed by atoms with E-state index in [1.807, 2.05) is 36.4 Å². The second-order valence-corrected chi connectivity index (χ2v) is 8.54. The third-order valence-electron chi connectivity index (χ3n) is 4.37. The lowest BCUT2D eigenvalue weighted by atomic mass is 10.2. The van der Waals surface area contributed by atoms with E-state index in [1.54, 1.807) is 18.2 Å². The second kappa shape index (κ2) is 9.00. The molecule has 0 bridgehead atoms. The molecular weight excluding hydrogens is 441 g/mol. The summed E-state index contributed by atoms with van der Waals surface area (Å²) in [5, 5.41) is 0.452. The molecule has 0 spiro atoms. The van der Waals surface area contributed by atoms with Gasteiger partial charge in [-0.25, -0.2) is 4.39 Å². The highest BCUT2D eigenvalue weighted by Gasteiger charge is 2.33. The predicted octanol–water partition coefficient (Wildman–Crippen LogP) is 6.46. The van der Waals surface area contributed by atoms with Crippen LogP contribution in [0.2, 0.25) is 5.02 Å². The summed E-state index contributed by atoms with van der Waals surface area (Å²) in [6.07, 6.45) is 1.73. The molecule has 1 fully saturated rings. The molecule has 0 atom stereocenters. The van der Waals surface area contributed by atoms with E-state index in [1.165, 1.54) is 40.9 Å². The van der Waals surface area contributed by atoms with E-state index in [9.17, 15) is 9.18 Å². The molecule has 30 heavy (non-hydrogen) atoms. The Balaban J connectivity index is 1.50. The molecule has 0 N–H and O–H groups in total. The fourth-order valence-electron chi connectivity index (χ4n) is 2.89. The SMILES string of the molecule is O=C1/C(=C/c2ccc(OCc3ccccc3)c(Cl)c2)SC(=S)N1c1ccc(F)cc1. The van der Waals surface area contributed by atoms with Crippen LogP contribution in [0, 0.1) is 5.82 Å². The molecule has 1 aliphatic heterocycles. The molecule has 0 radical (unpaired) electrons. The van der Waals surface area contributed by atoms with Crippen LogP contribution in [-0.4, -0.2) is 10.2 Å². The molecule has 4 rings (SSSR count). The van der Waals surface area contributed by atoms with Crippen molar-refractivity contribution in [2.45, 2.75) is 6.61 Å². The number of carbonyl (C=O) groups is 1. The van der Waals surface area contributed by atoms with Gasteiger partial charge in [0.15, 0.2) is 4.32 Å². The van der Waals surface area contributed by atoms with Crippen molar-refractivity contribution < 1.29 is 13.9 Å². The molecule has 3 aromatic rings. The number of halogens is 2. The Hall–Kier alpha value is -2.67. The lowest BCUT2D eigenvalue weighted by Gasteiger charge is -2.14. The highest BCUT2D eigenvalue weighted by molar-refractivity contribution is 8.27. The molecule has 150 valence electrons. The third kappa shape index (κ3) is 4.56. The zero-order valence-corrected chi connectivity index (χ0v) is 17.9. The number of hydrogen-bond donors (Lipinski definition) is 0. The zero-order chi connectivity index (χ0) is 21.1. The van der Waals surface area contributed by atoms with Gasteiger partial charge in [-0.1, -0.05) is 72.0 Å². The van der Waals surface area contributed by atoms with Crippen molar-refractivity contribution in [3.63, 3.8) is 0 Å². The molecule has 1 saturated heterocycles. The summed E-state index contributed by atoms with van der Waals surface area (Å²) in [5.41, 5.74) is 2.33. The van der Waals surface area contributed by atoms with Crippen molar-refractivity contribution in [3.05, 3.63) is 99.7 Å². The molecule has 3 nitrogen and oxygen atoms in total. The van der Waals surface area contributed by atoms with Crippen LogP contribution in [0.1, 0.15) is 11.1 Å². The molecule has 0 aliphatic carbocycles. The van der Waals surface area contributed by atoms with Crippen LogP contribution in [0.4, 0.5) is 10.1 Å². The van der Waals surface area contributed by atoms with Crippen LogP contribution in [-0.2, 0) is 11.4 Å². The van der Waals surface area contributed by atoms with Crippen LogP contribution in [0.15, 0.2) is 77.7 Å². The van der Waals surface area contributed by atoms with Crippen molar-refractivity contribution in [2.75, 3.05) is 4.90 Å². The van der Waals surface area contributed by atoms with Gasteiger partial charge in [0, 0.05) is 0 Å². The van der Waals surface area contributed by atoms with E-state index in [0.717, 1.165) is 11.1 Å². The van der Waals surface area contributed by atoms with Crippen LogP contribution < -0.4 is 9.64 Å². The Morgan fingerprint density at radius 1 is 1.07 bits per heavy atom. The molecule has 0 aromatic heterocycles. The number of hydrogen-bond acceptors (Lipinski definition) is 4. The van der Waals surface area contributed by atoms with Crippen LogP contribution in [0.5, 0.6) is 5.75 Å². The summed E-state index contributed by atoms with van der Waals surface area (Å²) in [5.74, 6) is -0.0578. The number of benzene rings is 3. The van der Waals surface area contributed by atoms with Crippen molar-refractivity contribution in [2.24, 2.45) is 0 Å². The van der Waals surface area contributed by atoms with Gasteiger partial charge in [0.05, 0.1) is 15.6 Å². The van der Waals surface area contributed by atoms with Gasteiger partial charge in [-0.15, -0.1) is 0 Å². The number of ether oxygens (including phenoxy) is 1. The van der Waals surface area contributed by atoms with E-state index < -0.39 is 0 Å². The maximum absolute atomic E-state index is 13.2. The molecule has 1 amide bonds. The molecule has 1 heterocycles. The Kier molecular flexibility index (Phi) is 6.18. The van der Waals surface area contributed by atoms with Crippen molar-refractivity contribution in [3.8, 4) is 5.75 Å². The monoisotopic (exact) mass is 455 g/mol. The number of nitrogens with zero attached hydrogens (tertiary/aromatic N) is 1. The van der Waals surface area contributed by atoms with E-state index >= 15 is 0 Å². The second-order valence-electron chi connectivity index (χ2n) is 6.46. The van der Waals surface area contributed by atoms with Gasteiger partial charge in [-0.2, -0.15) is 0 Å². The van der Waals surface area contributed by atoms with Crippen molar-refractivity contribution in [1.29, 1.82) is 0 Å². The minimum Gasteiger partial charge on any atom is -0.487 e. The summed E-state index contributed by atoms with van der Waals surface area (Å²) in [7, 11) is 0. The Labute approximate surface area is 188 Å². The summed E-state index contributed by atoms with van der Waals surface area (Å²) >= 11 is 12.9. The van der Waals surface area contributed by atoms with Gasteiger partial charge < -0.3 is 4.74 Å². The van der Waals surface area contributed by atoms with Gasteiger partial charge >= 0.3 is 0 Å². The molecular formula is C23H15ClFNO2S2. The zero-order valence-electron chi connectivity index (χ0n) is 15.5. The van der Waals surface area contributed by atoms with Gasteiger partial charge in [-0.3, -0.25) is 9.69 Å². The van der Waals surface area contributed by atoms with E-state index in [-0.39, 0.29) is 11.7 Å². The number of thiocarbonyl (C=S) groups is 1. The first-order chi connectivity index (χ1) is 14.5. The first kappa shape index (κ1) is 20.6. The number of carbonyl (C=O) groups excluding carboxylic acids is 1. The molecule has 3 aromatic carbocycles. The topological polar surface area (TPSA) is 29.5 Å². The van der Waals surface area contributed by atoms with Crippen LogP contribution >= 0.6 is 35.6 Å². The smallest absolute Gasteiger partial charge is 0.270 e. The van der Waals surface area contributed by atoms with Gasteiger partial charge in [0.25, 0.3) is 5.91 Å². The first-order valence-electron chi connectivity index (χ1n) is 9.01. The average Bonchev–Trinajstić information content (AvgIpc) is 3.02. The minimum absolute atomic E-state index is 0.253. The highest BCUT2D eigenvalue weighted by Crippen LogP contribution is 2.37. The maximum atomic E-state index is 13.2. The van der Waals surface area contributed by atoms with E-state index in [0.29, 0.717) is 32.3 Å². The normalized spacial score (nSPS) is 15.1. The summed E-state index contributed by atoms with van der Waals surface area (Å²) < 4.78 is 19.4. The fourth-order valence-corrected chi connectivity index (χ4v) is 4.43. The third-order valence-corrected chi connectivity index (χ3v) is 5.97. The molecule has 7 heteroatoms. The number of thioether (sulfide) groups is 1. The molecule has 1 aliphatic rings. The Morgan fingerprint density at radius 3 is 2.50 bits per heavy atom. The lowest BCUT2D eigenvalue weighted by Crippen LogP contribution is -2.27. The highest BCUT2D eigenvalue weighted by atomic mass is 35.5. The average molecular weight is 456 g/mol. The minimum atomic E-state index is -0.371. The quantitative estimate of drug-likeness (QED) is 0.326. The van der Waals surface area contributed by atoms with Crippen molar-refractivity contribution in [1.82, 2.24) is 0 Å². The van der Waals surface area contributed by atoms with Gasteiger partial charge in [0.1, 0.15) is 18.2 Å². The molecule has 0 saturated carbocycles. The number of rotatable bonds is 5. The fraction of sp³-hybridized carbons (Fsp3) is 0.0435. The van der Waals surface area contributed by atoms with Crippen LogP contribution in [0.25, 0.3) is 6.08 Å². The van der Waals surface area contributed by atoms with E-state index in [2.05, 4.69) is 0 Å². The maximum Gasteiger partial charge on any atom is 0.270 e. The van der Waals surface area contributed by atoms with Crippen LogP contribution in [0.3, 0.4) is 0 Å². The Bertz CT molecular complexity index is 1130. The number of amides is 1. The largest absolute Gasteiger partial charge is 0.487 e. The standard InChI is InChI=1S/C23H15ClFNO2S2/c24-19-12-16(6-11-20(19)28-14-15-4-2-1-3-5-15)13-21-22(27)26(23(29)30-21)18-9-7-17(25)8-10-18/h1-13H,14H2/b21-13-. The molecule has 0 unspecified atom stereocenters. The van der Waals surface area contributed by atoms with Gasteiger partial charge in [-0.05, 0) is 53.6 Å². The lowest BCUT2D eigenvalue weighted by molar-refractivity contribution is -0.113. The predicted molar refractivity (Wildman–Crippen MR) is 124 cm³/mol. The van der Waals surface area contributed by atoms with E-state index in [4.69, 9.17) is 28.6 Å². The Morgan fingerprint density at radius 2 is 1.80 bits per heavy atom. The number of anilines is 1.